The topological polar surface area (TPSA) is 0 Å². The summed E-state index contributed by atoms with van der Waals surface area (Å²) < 4.78 is 0. The lowest BCUT2D eigenvalue weighted by Crippen LogP contribution is -2.63. The van der Waals surface area contributed by atoms with Crippen molar-refractivity contribution < 1.29 is 0 Å². The molecular formula is C21H30Si2. The van der Waals surface area contributed by atoms with E-state index in [1.807, 2.05) is 0 Å². The Bertz CT molecular complexity index is 669. The molecule has 0 N–H and O–H groups in total. The van der Waals surface area contributed by atoms with Crippen LogP contribution in [0.25, 0.3) is 0 Å². The smallest absolute Gasteiger partial charge is 0.100 e. The van der Waals surface area contributed by atoms with Crippen molar-refractivity contribution in [2.75, 3.05) is 0 Å². The first-order valence-corrected chi connectivity index (χ1v) is 14.8. The van der Waals surface area contributed by atoms with E-state index in [2.05, 4.69) is 94.3 Å². The van der Waals surface area contributed by atoms with Crippen LogP contribution in [0.15, 0.2) is 66.7 Å². The Balaban J connectivity index is 2.47. The molecule has 0 aromatic heterocycles. The zero-order chi connectivity index (χ0) is 17.1. The third kappa shape index (κ3) is 4.12. The summed E-state index contributed by atoms with van der Waals surface area (Å²) in [5.74, 6) is 0. The Hall–Kier alpha value is -1.39. The maximum atomic E-state index is 4.10. The van der Waals surface area contributed by atoms with Crippen molar-refractivity contribution in [3.8, 4) is 0 Å². The zero-order valence-electron chi connectivity index (χ0n) is 15.3. The average molecular weight is 339 g/mol. The van der Waals surface area contributed by atoms with Gasteiger partial charge >= 0.3 is 0 Å². The van der Waals surface area contributed by atoms with E-state index in [0.717, 1.165) is 6.42 Å². The minimum absolute atomic E-state index is 1.15. The molecule has 0 aliphatic rings. The molecule has 0 heterocycles. The minimum atomic E-state index is -1.65. The molecule has 23 heavy (non-hydrogen) atoms. The highest BCUT2D eigenvalue weighted by atomic mass is 28.3. The number of hydrogen-bond acceptors (Lipinski definition) is 0. The summed E-state index contributed by atoms with van der Waals surface area (Å²) in [5.41, 5.74) is 1.31. The molecule has 122 valence electrons. The predicted molar refractivity (Wildman–Crippen MR) is 111 cm³/mol. The molecule has 0 spiro atoms. The Kier molecular flexibility index (Phi) is 5.48. The van der Waals surface area contributed by atoms with Crippen LogP contribution in [0, 0.1) is 0 Å². The summed E-state index contributed by atoms with van der Waals surface area (Å²) in [5, 5.41) is 4.81. The Morgan fingerprint density at radius 3 is 1.91 bits per heavy atom. The second kappa shape index (κ2) is 7.02. The molecule has 0 amide bonds. The number of hydrogen-bond donors (Lipinski definition) is 0. The van der Waals surface area contributed by atoms with Gasteiger partial charge in [-0.25, -0.2) is 0 Å². The van der Waals surface area contributed by atoms with Gasteiger partial charge in [-0.1, -0.05) is 102 Å². The molecule has 0 aliphatic carbocycles. The van der Waals surface area contributed by atoms with Gasteiger partial charge < -0.3 is 0 Å². The monoisotopic (exact) mass is 338 g/mol. The van der Waals surface area contributed by atoms with E-state index < -0.39 is 16.1 Å². The van der Waals surface area contributed by atoms with Gasteiger partial charge in [-0.2, -0.15) is 0 Å². The molecule has 2 rings (SSSR count). The van der Waals surface area contributed by atoms with E-state index in [9.17, 15) is 0 Å². The van der Waals surface area contributed by atoms with Crippen LogP contribution in [0.4, 0.5) is 0 Å². The molecule has 2 heteroatoms. The van der Waals surface area contributed by atoms with Crippen molar-refractivity contribution in [1.82, 2.24) is 0 Å². The molecule has 2 aromatic rings. The van der Waals surface area contributed by atoms with E-state index in [1.54, 1.807) is 10.4 Å². The number of rotatable bonds is 6. The second-order valence-corrected chi connectivity index (χ2v) is 17.1. The molecule has 0 atom stereocenters. The highest BCUT2D eigenvalue weighted by molar-refractivity contribution is 7.05. The van der Waals surface area contributed by atoms with Crippen molar-refractivity contribution in [3.05, 3.63) is 66.7 Å². The fourth-order valence-corrected chi connectivity index (χ4v) is 10.5. The second-order valence-electron chi connectivity index (χ2n) is 7.88. The normalized spacial score (nSPS) is 12.2. The highest BCUT2D eigenvalue weighted by Gasteiger charge is 2.33. The molecule has 0 nitrogen and oxygen atoms in total. The standard InChI is InChI=1S/C21H30Si2/c1-18(2)16-17-22(3,4)20-14-10-11-15-21(20)23(5,6)19-12-8-7-9-13-19/h7-15H,1,16-17H2,2-6H3. The molecule has 0 radical (unpaired) electrons. The van der Waals surface area contributed by atoms with Crippen LogP contribution in [0.2, 0.25) is 32.2 Å². The largest absolute Gasteiger partial charge is 0.112 e. The first-order valence-electron chi connectivity index (χ1n) is 8.55. The van der Waals surface area contributed by atoms with E-state index in [4.69, 9.17) is 0 Å². The summed E-state index contributed by atoms with van der Waals surface area (Å²) in [4.78, 5) is 0. The molecule has 0 saturated carbocycles. The van der Waals surface area contributed by atoms with Crippen LogP contribution < -0.4 is 15.6 Å². The average Bonchev–Trinajstić information content (AvgIpc) is 2.54. The summed E-state index contributed by atoms with van der Waals surface area (Å²) in [7, 11) is -3.11. The van der Waals surface area contributed by atoms with Crippen molar-refractivity contribution in [2.45, 2.75) is 45.6 Å². The Labute approximate surface area is 144 Å². The molecule has 0 bridgehead atoms. The van der Waals surface area contributed by atoms with Crippen LogP contribution in [0.1, 0.15) is 13.3 Å². The molecule has 2 aromatic carbocycles. The third-order valence-electron chi connectivity index (χ3n) is 5.00. The summed E-state index contributed by atoms with van der Waals surface area (Å²) in [6, 6.07) is 21.6. The first kappa shape index (κ1) is 18.0. The van der Waals surface area contributed by atoms with Gasteiger partial charge in [0.05, 0.1) is 8.07 Å². The van der Waals surface area contributed by atoms with E-state index in [1.165, 1.54) is 16.8 Å². The quantitative estimate of drug-likeness (QED) is 0.541. The lowest BCUT2D eigenvalue weighted by molar-refractivity contribution is 1.07. The third-order valence-corrected chi connectivity index (χ3v) is 12.2. The summed E-state index contributed by atoms with van der Waals surface area (Å²) >= 11 is 0. The maximum absolute atomic E-state index is 4.10. The van der Waals surface area contributed by atoms with Gasteiger partial charge in [-0.15, -0.1) is 6.58 Å². The summed E-state index contributed by atoms with van der Waals surface area (Å²) in [6.45, 7) is 16.3. The molecule has 0 saturated heterocycles. The fraction of sp³-hybridized carbons (Fsp3) is 0.333. The lowest BCUT2D eigenvalue weighted by Gasteiger charge is -2.33. The van der Waals surface area contributed by atoms with Gasteiger partial charge in [0, 0.05) is 0 Å². The number of allylic oxidation sites excluding steroid dienone is 1. The van der Waals surface area contributed by atoms with E-state index >= 15 is 0 Å². The lowest BCUT2D eigenvalue weighted by atomic mass is 10.3. The molecule has 0 fully saturated rings. The van der Waals surface area contributed by atoms with Crippen molar-refractivity contribution in [1.29, 1.82) is 0 Å². The zero-order valence-corrected chi connectivity index (χ0v) is 17.3. The molecule has 0 aliphatic heterocycles. The van der Waals surface area contributed by atoms with Gasteiger partial charge in [0.2, 0.25) is 0 Å². The van der Waals surface area contributed by atoms with E-state index in [0.29, 0.717) is 0 Å². The van der Waals surface area contributed by atoms with E-state index in [-0.39, 0.29) is 0 Å². The van der Waals surface area contributed by atoms with Crippen LogP contribution in [-0.2, 0) is 0 Å². The maximum Gasteiger partial charge on any atom is 0.112 e. The molecule has 0 unspecified atom stereocenters. The van der Waals surface area contributed by atoms with Gasteiger partial charge in [-0.05, 0) is 19.4 Å². The van der Waals surface area contributed by atoms with Crippen molar-refractivity contribution >= 4 is 31.7 Å². The highest BCUT2D eigenvalue weighted by Crippen LogP contribution is 2.17. The number of benzene rings is 2. The SMILES string of the molecule is C=C(C)CC[Si](C)(C)c1ccccc1[Si](C)(C)c1ccccc1. The fourth-order valence-electron chi connectivity index (χ4n) is 3.29. The Morgan fingerprint density at radius 1 is 0.826 bits per heavy atom. The minimum Gasteiger partial charge on any atom is -0.100 e. The molecular weight excluding hydrogens is 308 g/mol. The predicted octanol–water partition coefficient (Wildman–Crippen LogP) is 4.39. The Morgan fingerprint density at radius 2 is 1.35 bits per heavy atom. The van der Waals surface area contributed by atoms with Crippen molar-refractivity contribution in [3.63, 3.8) is 0 Å². The van der Waals surface area contributed by atoms with Gasteiger partial charge in [0.25, 0.3) is 0 Å². The first-order chi connectivity index (χ1) is 10.7. The van der Waals surface area contributed by atoms with Crippen LogP contribution in [0.5, 0.6) is 0 Å². The van der Waals surface area contributed by atoms with Crippen LogP contribution in [-0.4, -0.2) is 16.1 Å². The van der Waals surface area contributed by atoms with Crippen LogP contribution >= 0.6 is 0 Å². The summed E-state index contributed by atoms with van der Waals surface area (Å²) in [6.07, 6.45) is 1.15. The van der Waals surface area contributed by atoms with Gasteiger partial charge in [0.1, 0.15) is 8.07 Å². The van der Waals surface area contributed by atoms with Crippen LogP contribution in [0.3, 0.4) is 0 Å². The van der Waals surface area contributed by atoms with Gasteiger partial charge in [-0.3, -0.25) is 0 Å². The van der Waals surface area contributed by atoms with Crippen molar-refractivity contribution in [2.24, 2.45) is 0 Å². The van der Waals surface area contributed by atoms with Gasteiger partial charge in [0.15, 0.2) is 0 Å².